The van der Waals surface area contributed by atoms with Crippen LogP contribution in [-0.4, -0.2) is 51.5 Å². The molecule has 2 aromatic rings. The Morgan fingerprint density at radius 1 is 1.13 bits per heavy atom. The molecule has 0 fully saturated rings. The highest BCUT2D eigenvalue weighted by Gasteiger charge is 2.22. The van der Waals surface area contributed by atoms with Gasteiger partial charge in [0.05, 0.1) is 10.6 Å². The van der Waals surface area contributed by atoms with E-state index in [1.165, 1.54) is 0 Å². The van der Waals surface area contributed by atoms with Crippen molar-refractivity contribution in [2.45, 2.75) is 37.8 Å². The molecular formula is C22H30IN3O4S. The Morgan fingerprint density at radius 2 is 1.84 bits per heavy atom. The molecule has 1 unspecified atom stereocenters. The maximum absolute atomic E-state index is 12.8. The van der Waals surface area contributed by atoms with Crippen molar-refractivity contribution in [1.82, 2.24) is 10.2 Å². The second-order valence-electron chi connectivity index (χ2n) is 7.19. The molecule has 31 heavy (non-hydrogen) atoms. The fourth-order valence-corrected chi connectivity index (χ4v) is 4.86. The Balaban J connectivity index is 0.00000341. The Hall–Kier alpha value is -2.01. The Kier molecular flexibility index (Phi) is 9.42. The summed E-state index contributed by atoms with van der Waals surface area (Å²) in [6.07, 6.45) is 0.659. The number of hydrogen-bond acceptors (Lipinski definition) is 5. The number of guanidine groups is 1. The van der Waals surface area contributed by atoms with E-state index in [-0.39, 0.29) is 42.6 Å². The lowest BCUT2D eigenvalue weighted by atomic mass is 10.2. The summed E-state index contributed by atoms with van der Waals surface area (Å²) in [7, 11) is -1.46. The third-order valence-corrected chi connectivity index (χ3v) is 6.71. The second-order valence-corrected chi connectivity index (χ2v) is 9.22. The number of rotatable bonds is 8. The largest absolute Gasteiger partial charge is 0.454 e. The molecular weight excluding hydrogens is 529 g/mol. The van der Waals surface area contributed by atoms with Crippen LogP contribution in [0.4, 0.5) is 0 Å². The molecule has 0 radical (unpaired) electrons. The third kappa shape index (κ3) is 6.73. The monoisotopic (exact) mass is 559 g/mol. The predicted octanol–water partition coefficient (Wildman–Crippen LogP) is 3.68. The van der Waals surface area contributed by atoms with Crippen LogP contribution in [-0.2, 0) is 16.4 Å². The van der Waals surface area contributed by atoms with Gasteiger partial charge in [-0.1, -0.05) is 31.2 Å². The van der Waals surface area contributed by atoms with Gasteiger partial charge in [0.15, 0.2) is 27.3 Å². The molecule has 1 heterocycles. The third-order valence-electron chi connectivity index (χ3n) is 4.88. The summed E-state index contributed by atoms with van der Waals surface area (Å²) in [5.41, 5.74) is 1.05. The highest BCUT2D eigenvalue weighted by atomic mass is 127. The highest BCUT2D eigenvalue weighted by Crippen LogP contribution is 2.32. The molecule has 0 saturated heterocycles. The molecule has 9 heteroatoms. The van der Waals surface area contributed by atoms with E-state index < -0.39 is 9.84 Å². The minimum Gasteiger partial charge on any atom is -0.454 e. The summed E-state index contributed by atoms with van der Waals surface area (Å²) >= 11 is 0. The lowest BCUT2D eigenvalue weighted by Crippen LogP contribution is -2.46. The van der Waals surface area contributed by atoms with Crippen LogP contribution in [0.1, 0.15) is 25.8 Å². The molecule has 1 atom stereocenters. The summed E-state index contributed by atoms with van der Waals surface area (Å²) in [5, 5.41) is 3.34. The topological polar surface area (TPSA) is 80.2 Å². The number of fused-ring (bicyclic) bond motifs is 1. The first kappa shape index (κ1) is 25.3. The van der Waals surface area contributed by atoms with E-state index in [4.69, 9.17) is 9.47 Å². The van der Waals surface area contributed by atoms with Crippen LogP contribution >= 0.6 is 24.0 Å². The number of nitrogens with one attached hydrogen (secondary N) is 1. The van der Waals surface area contributed by atoms with Crippen LogP contribution < -0.4 is 14.8 Å². The number of aliphatic imine (C=N–C) groups is 1. The van der Waals surface area contributed by atoms with Crippen LogP contribution in [0, 0.1) is 0 Å². The van der Waals surface area contributed by atoms with E-state index in [0.717, 1.165) is 17.1 Å². The molecule has 1 N–H and O–H groups in total. The van der Waals surface area contributed by atoms with Gasteiger partial charge in [0.25, 0.3) is 0 Å². The molecule has 1 aliphatic rings. The number of hydrogen-bond donors (Lipinski definition) is 1. The van der Waals surface area contributed by atoms with E-state index in [2.05, 4.69) is 10.3 Å². The SMILES string of the molecule is CCN=C(NC(CC)CS(=O)(=O)c1ccccc1)N(C)Cc1ccc2c(c1)OCO2.I. The predicted molar refractivity (Wildman–Crippen MR) is 133 cm³/mol. The van der Waals surface area contributed by atoms with Gasteiger partial charge in [-0.05, 0) is 43.2 Å². The van der Waals surface area contributed by atoms with Crippen LogP contribution in [0.15, 0.2) is 58.4 Å². The summed E-state index contributed by atoms with van der Waals surface area (Å²) in [4.78, 5) is 6.89. The lowest BCUT2D eigenvalue weighted by Gasteiger charge is -2.27. The van der Waals surface area contributed by atoms with Crippen molar-refractivity contribution in [2.75, 3.05) is 26.1 Å². The van der Waals surface area contributed by atoms with E-state index in [1.54, 1.807) is 24.3 Å². The quantitative estimate of drug-likeness (QED) is 0.302. The van der Waals surface area contributed by atoms with E-state index in [0.29, 0.717) is 30.4 Å². The van der Waals surface area contributed by atoms with Gasteiger partial charge in [-0.15, -0.1) is 24.0 Å². The minimum atomic E-state index is -3.39. The molecule has 1 aliphatic heterocycles. The maximum atomic E-state index is 12.8. The van der Waals surface area contributed by atoms with Crippen molar-refractivity contribution in [3.63, 3.8) is 0 Å². The molecule has 0 bridgehead atoms. The number of ether oxygens (including phenoxy) is 2. The van der Waals surface area contributed by atoms with E-state index in [1.807, 2.05) is 50.1 Å². The Labute approximate surface area is 201 Å². The molecule has 0 amide bonds. The highest BCUT2D eigenvalue weighted by molar-refractivity contribution is 14.0. The van der Waals surface area contributed by atoms with Crippen LogP contribution in [0.2, 0.25) is 0 Å². The maximum Gasteiger partial charge on any atom is 0.231 e. The number of nitrogens with zero attached hydrogens (tertiary/aromatic N) is 2. The first-order chi connectivity index (χ1) is 14.4. The molecule has 0 aliphatic carbocycles. The molecule has 3 rings (SSSR count). The molecule has 2 aromatic carbocycles. The van der Waals surface area contributed by atoms with Crippen LogP contribution in [0.3, 0.4) is 0 Å². The van der Waals surface area contributed by atoms with Gasteiger partial charge in [-0.2, -0.15) is 0 Å². The molecule has 0 saturated carbocycles. The Bertz CT molecular complexity index is 984. The first-order valence-corrected chi connectivity index (χ1v) is 11.8. The average Bonchev–Trinajstić information content (AvgIpc) is 3.21. The van der Waals surface area contributed by atoms with Gasteiger partial charge in [-0.25, -0.2) is 8.42 Å². The summed E-state index contributed by atoms with van der Waals surface area (Å²) in [6.45, 7) is 5.37. The van der Waals surface area contributed by atoms with Crippen molar-refractivity contribution in [3.8, 4) is 11.5 Å². The molecule has 170 valence electrons. The van der Waals surface area contributed by atoms with Crippen molar-refractivity contribution in [2.24, 2.45) is 4.99 Å². The van der Waals surface area contributed by atoms with Crippen molar-refractivity contribution >= 4 is 39.8 Å². The van der Waals surface area contributed by atoms with Crippen LogP contribution in [0.5, 0.6) is 11.5 Å². The smallest absolute Gasteiger partial charge is 0.231 e. The van der Waals surface area contributed by atoms with Gasteiger partial charge in [-0.3, -0.25) is 4.99 Å². The Morgan fingerprint density at radius 3 is 2.52 bits per heavy atom. The van der Waals surface area contributed by atoms with Gasteiger partial charge >= 0.3 is 0 Å². The molecule has 0 aromatic heterocycles. The fraction of sp³-hybridized carbons (Fsp3) is 0.409. The van der Waals surface area contributed by atoms with Gasteiger partial charge < -0.3 is 19.7 Å². The average molecular weight is 559 g/mol. The summed E-state index contributed by atoms with van der Waals surface area (Å²) in [6, 6.07) is 14.2. The van der Waals surface area contributed by atoms with E-state index in [9.17, 15) is 8.42 Å². The van der Waals surface area contributed by atoms with E-state index >= 15 is 0 Å². The lowest BCUT2D eigenvalue weighted by molar-refractivity contribution is 0.174. The normalized spacial score (nSPS) is 14.0. The van der Waals surface area contributed by atoms with Crippen molar-refractivity contribution in [3.05, 3.63) is 54.1 Å². The summed E-state index contributed by atoms with van der Waals surface area (Å²) in [5.74, 6) is 2.17. The molecule has 0 spiro atoms. The zero-order valence-corrected chi connectivity index (χ0v) is 21.2. The number of benzene rings is 2. The zero-order valence-electron chi connectivity index (χ0n) is 18.1. The molecule has 7 nitrogen and oxygen atoms in total. The minimum absolute atomic E-state index is 0. The summed E-state index contributed by atoms with van der Waals surface area (Å²) < 4.78 is 36.4. The number of halogens is 1. The first-order valence-electron chi connectivity index (χ1n) is 10.1. The van der Waals surface area contributed by atoms with Gasteiger partial charge in [0.1, 0.15) is 0 Å². The zero-order chi connectivity index (χ0) is 21.6. The second kappa shape index (κ2) is 11.6. The van der Waals surface area contributed by atoms with Gasteiger partial charge in [0, 0.05) is 26.2 Å². The number of sulfone groups is 1. The fourth-order valence-electron chi connectivity index (χ4n) is 3.25. The van der Waals surface area contributed by atoms with Gasteiger partial charge in [0.2, 0.25) is 6.79 Å². The van der Waals surface area contributed by atoms with Crippen molar-refractivity contribution in [1.29, 1.82) is 0 Å². The standard InChI is InChI=1S/C22H29N3O4S.HI/c1-4-18(15-30(26,27)19-9-7-6-8-10-19)24-22(23-5-2)25(3)14-17-11-12-20-21(13-17)29-16-28-20;/h6-13,18H,4-5,14-16H2,1-3H3,(H,23,24);1H. The van der Waals surface area contributed by atoms with Crippen LogP contribution in [0.25, 0.3) is 0 Å². The van der Waals surface area contributed by atoms with Crippen molar-refractivity contribution < 1.29 is 17.9 Å².